The van der Waals surface area contributed by atoms with Crippen molar-refractivity contribution in [3.63, 3.8) is 0 Å². The lowest BCUT2D eigenvalue weighted by atomic mass is 10.1. The van der Waals surface area contributed by atoms with Crippen LogP contribution in [0.3, 0.4) is 0 Å². The van der Waals surface area contributed by atoms with Gasteiger partial charge in [-0.25, -0.2) is 0 Å². The maximum Gasteiger partial charge on any atom is 0.191 e. The van der Waals surface area contributed by atoms with Gasteiger partial charge in [-0.05, 0) is 29.3 Å². The SMILES string of the molecule is COCOC[C@@H]1C=C(OCc2ccc(OC)cc2)[C@H](OCc2ccccc2)[C@H](OC)O1. The van der Waals surface area contributed by atoms with Gasteiger partial charge in [-0.2, -0.15) is 0 Å². The van der Waals surface area contributed by atoms with Crippen LogP contribution in [0.1, 0.15) is 11.1 Å². The van der Waals surface area contributed by atoms with Crippen molar-refractivity contribution in [2.24, 2.45) is 0 Å². The van der Waals surface area contributed by atoms with Crippen LogP contribution in [0.5, 0.6) is 5.75 Å². The van der Waals surface area contributed by atoms with Crippen LogP contribution in [0.15, 0.2) is 66.4 Å². The van der Waals surface area contributed by atoms with Crippen LogP contribution in [-0.4, -0.2) is 53.2 Å². The highest BCUT2D eigenvalue weighted by Crippen LogP contribution is 2.27. The van der Waals surface area contributed by atoms with E-state index in [9.17, 15) is 0 Å². The van der Waals surface area contributed by atoms with Crippen LogP contribution in [-0.2, 0) is 41.6 Å². The molecule has 168 valence electrons. The van der Waals surface area contributed by atoms with Crippen molar-refractivity contribution in [3.05, 3.63) is 77.6 Å². The van der Waals surface area contributed by atoms with Crippen LogP contribution in [0, 0.1) is 0 Å². The quantitative estimate of drug-likeness (QED) is 0.376. The highest BCUT2D eigenvalue weighted by molar-refractivity contribution is 5.27. The molecule has 2 aromatic rings. The molecule has 3 rings (SSSR count). The fourth-order valence-corrected chi connectivity index (χ4v) is 3.15. The van der Waals surface area contributed by atoms with E-state index in [2.05, 4.69) is 0 Å². The summed E-state index contributed by atoms with van der Waals surface area (Å²) in [4.78, 5) is 0. The Morgan fingerprint density at radius 1 is 0.871 bits per heavy atom. The number of ether oxygens (including phenoxy) is 7. The molecule has 1 heterocycles. The Labute approximate surface area is 183 Å². The van der Waals surface area contributed by atoms with Gasteiger partial charge >= 0.3 is 0 Å². The van der Waals surface area contributed by atoms with Crippen molar-refractivity contribution in [2.45, 2.75) is 31.7 Å². The molecule has 0 amide bonds. The second kappa shape index (κ2) is 12.4. The summed E-state index contributed by atoms with van der Waals surface area (Å²) in [5.74, 6) is 1.45. The average Bonchev–Trinajstić information content (AvgIpc) is 2.82. The van der Waals surface area contributed by atoms with Gasteiger partial charge in [0.15, 0.2) is 12.4 Å². The summed E-state index contributed by atoms with van der Waals surface area (Å²) in [7, 11) is 4.80. The van der Waals surface area contributed by atoms with Crippen LogP contribution in [0.25, 0.3) is 0 Å². The lowest BCUT2D eigenvalue weighted by Gasteiger charge is -2.35. The molecule has 2 aromatic carbocycles. The van der Waals surface area contributed by atoms with Gasteiger partial charge in [0.25, 0.3) is 0 Å². The Hall–Kier alpha value is -2.42. The highest BCUT2D eigenvalue weighted by atomic mass is 16.7. The Morgan fingerprint density at radius 2 is 1.61 bits per heavy atom. The zero-order valence-electron chi connectivity index (χ0n) is 18.2. The van der Waals surface area contributed by atoms with Crippen molar-refractivity contribution < 1.29 is 33.2 Å². The number of rotatable bonds is 12. The zero-order chi connectivity index (χ0) is 21.9. The van der Waals surface area contributed by atoms with Gasteiger partial charge in [-0.15, -0.1) is 0 Å². The molecule has 0 bridgehead atoms. The zero-order valence-corrected chi connectivity index (χ0v) is 18.2. The summed E-state index contributed by atoms with van der Waals surface area (Å²) in [6.07, 6.45) is 0.394. The molecule has 7 heteroatoms. The van der Waals surface area contributed by atoms with Gasteiger partial charge in [0.1, 0.15) is 31.0 Å². The van der Waals surface area contributed by atoms with Gasteiger partial charge in [-0.3, -0.25) is 0 Å². The molecule has 1 aliphatic heterocycles. The summed E-state index contributed by atoms with van der Waals surface area (Å²) in [6.45, 7) is 1.28. The minimum atomic E-state index is -0.629. The molecule has 1 aliphatic rings. The monoisotopic (exact) mass is 430 g/mol. The molecule has 0 aromatic heterocycles. The summed E-state index contributed by atoms with van der Waals surface area (Å²) < 4.78 is 39.5. The fourth-order valence-electron chi connectivity index (χ4n) is 3.15. The number of hydrogen-bond acceptors (Lipinski definition) is 7. The maximum absolute atomic E-state index is 6.16. The summed E-state index contributed by atoms with van der Waals surface area (Å²) in [6, 6.07) is 17.7. The molecular formula is C24H30O7. The molecule has 3 atom stereocenters. The molecule has 0 radical (unpaired) electrons. The van der Waals surface area contributed by atoms with Crippen molar-refractivity contribution >= 4 is 0 Å². The normalized spacial score (nSPS) is 20.9. The summed E-state index contributed by atoms with van der Waals surface area (Å²) in [5.41, 5.74) is 2.06. The average molecular weight is 430 g/mol. The molecule has 31 heavy (non-hydrogen) atoms. The minimum absolute atomic E-state index is 0.182. The first-order valence-corrected chi connectivity index (χ1v) is 10.1. The predicted octanol–water partition coefficient (Wildman–Crippen LogP) is 3.67. The molecule has 0 N–H and O–H groups in total. The molecule has 0 saturated heterocycles. The lowest BCUT2D eigenvalue weighted by Crippen LogP contribution is -2.43. The van der Waals surface area contributed by atoms with Crippen molar-refractivity contribution in [2.75, 3.05) is 34.7 Å². The third-order valence-corrected chi connectivity index (χ3v) is 4.74. The van der Waals surface area contributed by atoms with E-state index in [4.69, 9.17) is 33.2 Å². The number of benzene rings is 2. The van der Waals surface area contributed by atoms with Gasteiger partial charge in [0.2, 0.25) is 0 Å². The molecule has 0 unspecified atom stereocenters. The predicted molar refractivity (Wildman–Crippen MR) is 114 cm³/mol. The van der Waals surface area contributed by atoms with Crippen molar-refractivity contribution in [3.8, 4) is 5.75 Å². The maximum atomic E-state index is 6.16. The molecule has 0 aliphatic carbocycles. The third kappa shape index (κ3) is 7.05. The Bertz CT molecular complexity index is 791. The summed E-state index contributed by atoms with van der Waals surface area (Å²) in [5, 5.41) is 0. The van der Waals surface area contributed by atoms with E-state index in [1.54, 1.807) is 21.3 Å². The number of hydrogen-bond donors (Lipinski definition) is 0. The lowest BCUT2D eigenvalue weighted by molar-refractivity contribution is -0.229. The van der Waals surface area contributed by atoms with Crippen LogP contribution >= 0.6 is 0 Å². The molecule has 0 spiro atoms. The van der Waals surface area contributed by atoms with Gasteiger partial charge < -0.3 is 33.2 Å². The Kier molecular flexibility index (Phi) is 9.33. The van der Waals surface area contributed by atoms with E-state index in [-0.39, 0.29) is 12.9 Å². The number of methoxy groups -OCH3 is 3. The third-order valence-electron chi connectivity index (χ3n) is 4.74. The first-order valence-electron chi connectivity index (χ1n) is 10.1. The van der Waals surface area contributed by atoms with E-state index >= 15 is 0 Å². The standard InChI is InChI=1S/C24H30O7/c1-25-17-28-16-21-13-22(29-14-19-9-11-20(26-2)12-10-19)23(24(27-3)31-21)30-15-18-7-5-4-6-8-18/h4-13,21,23-24H,14-17H2,1-3H3/t21-,23-,24+/m0/s1. The highest BCUT2D eigenvalue weighted by Gasteiger charge is 2.35. The molecule has 0 fully saturated rings. The molecule has 0 saturated carbocycles. The topological polar surface area (TPSA) is 64.6 Å². The van der Waals surface area contributed by atoms with Gasteiger partial charge in [0, 0.05) is 14.2 Å². The second-order valence-electron chi connectivity index (χ2n) is 6.98. The van der Waals surface area contributed by atoms with Gasteiger partial charge in [0.05, 0.1) is 20.3 Å². The van der Waals surface area contributed by atoms with E-state index in [0.717, 1.165) is 16.9 Å². The Balaban J connectivity index is 1.72. The van der Waals surface area contributed by atoms with Crippen molar-refractivity contribution in [1.29, 1.82) is 0 Å². The van der Waals surface area contributed by atoms with Gasteiger partial charge in [-0.1, -0.05) is 42.5 Å². The smallest absolute Gasteiger partial charge is 0.191 e. The van der Waals surface area contributed by atoms with Crippen LogP contribution in [0.2, 0.25) is 0 Å². The van der Waals surface area contributed by atoms with Crippen LogP contribution in [0.4, 0.5) is 0 Å². The van der Waals surface area contributed by atoms with Crippen molar-refractivity contribution in [1.82, 2.24) is 0 Å². The van der Waals surface area contributed by atoms with E-state index in [1.807, 2.05) is 60.7 Å². The molecular weight excluding hydrogens is 400 g/mol. The van der Waals surface area contributed by atoms with E-state index in [1.165, 1.54) is 0 Å². The fraction of sp³-hybridized carbons (Fsp3) is 0.417. The van der Waals surface area contributed by atoms with E-state index < -0.39 is 12.4 Å². The largest absolute Gasteiger partial charge is 0.497 e. The Morgan fingerprint density at radius 3 is 2.29 bits per heavy atom. The first kappa shape index (κ1) is 23.2. The van der Waals surface area contributed by atoms with Crippen LogP contribution < -0.4 is 4.74 Å². The molecule has 7 nitrogen and oxygen atoms in total. The second-order valence-corrected chi connectivity index (χ2v) is 6.98. The first-order chi connectivity index (χ1) is 15.2. The van der Waals surface area contributed by atoms with E-state index in [0.29, 0.717) is 25.6 Å². The summed E-state index contributed by atoms with van der Waals surface area (Å²) >= 11 is 0. The minimum Gasteiger partial charge on any atom is -0.497 e.